The van der Waals surface area contributed by atoms with Gasteiger partial charge in [0.1, 0.15) is 0 Å². The number of ether oxygens (including phenoxy) is 1. The van der Waals surface area contributed by atoms with E-state index in [0.717, 1.165) is 22.3 Å². The third-order valence-corrected chi connectivity index (χ3v) is 3.23. The number of amides is 2. The standard InChI is InChI=1S/C15H21N3O3/c1-11-9-12-10-13(3-4-14(12)16-11)17-15(20)18(5-7-19)6-8-21-2/h3-4,9-10,16,19H,5-8H2,1-2H3,(H,17,20). The molecule has 6 nitrogen and oxygen atoms in total. The summed E-state index contributed by atoms with van der Waals surface area (Å²) < 4.78 is 4.97. The summed E-state index contributed by atoms with van der Waals surface area (Å²) in [5, 5.41) is 12.9. The van der Waals surface area contributed by atoms with Crippen LogP contribution in [0.3, 0.4) is 0 Å². The van der Waals surface area contributed by atoms with Gasteiger partial charge in [-0.1, -0.05) is 0 Å². The minimum atomic E-state index is -0.243. The summed E-state index contributed by atoms with van der Waals surface area (Å²) in [5.41, 5.74) is 2.85. The first-order valence-corrected chi connectivity index (χ1v) is 6.89. The molecule has 0 radical (unpaired) electrons. The van der Waals surface area contributed by atoms with E-state index >= 15 is 0 Å². The van der Waals surface area contributed by atoms with Gasteiger partial charge in [-0.2, -0.15) is 0 Å². The van der Waals surface area contributed by atoms with Gasteiger partial charge in [0.2, 0.25) is 0 Å². The number of anilines is 1. The topological polar surface area (TPSA) is 77.6 Å². The van der Waals surface area contributed by atoms with Crippen molar-refractivity contribution in [2.75, 3.05) is 38.7 Å². The van der Waals surface area contributed by atoms with Gasteiger partial charge in [-0.3, -0.25) is 0 Å². The Balaban J connectivity index is 2.07. The quantitative estimate of drug-likeness (QED) is 0.761. The second kappa shape index (κ2) is 7.10. The van der Waals surface area contributed by atoms with Gasteiger partial charge < -0.3 is 25.0 Å². The van der Waals surface area contributed by atoms with Crippen LogP contribution in [0.1, 0.15) is 5.69 Å². The minimum Gasteiger partial charge on any atom is -0.395 e. The molecule has 0 saturated heterocycles. The fraction of sp³-hybridized carbons (Fsp3) is 0.400. The highest BCUT2D eigenvalue weighted by Crippen LogP contribution is 2.20. The molecule has 1 heterocycles. The monoisotopic (exact) mass is 291 g/mol. The Morgan fingerprint density at radius 1 is 1.38 bits per heavy atom. The number of urea groups is 1. The van der Waals surface area contributed by atoms with E-state index in [0.29, 0.717) is 13.2 Å². The molecule has 3 N–H and O–H groups in total. The molecule has 2 rings (SSSR count). The Morgan fingerprint density at radius 2 is 2.19 bits per heavy atom. The fourth-order valence-corrected chi connectivity index (χ4v) is 2.20. The van der Waals surface area contributed by atoms with Gasteiger partial charge in [0.25, 0.3) is 0 Å². The van der Waals surface area contributed by atoms with E-state index < -0.39 is 0 Å². The summed E-state index contributed by atoms with van der Waals surface area (Å²) in [7, 11) is 1.58. The van der Waals surface area contributed by atoms with Crippen molar-refractivity contribution in [1.82, 2.24) is 9.88 Å². The van der Waals surface area contributed by atoms with E-state index in [2.05, 4.69) is 10.3 Å². The van der Waals surface area contributed by atoms with Crippen molar-refractivity contribution < 1.29 is 14.6 Å². The van der Waals surface area contributed by atoms with Crippen molar-refractivity contribution in [3.63, 3.8) is 0 Å². The van der Waals surface area contributed by atoms with E-state index in [4.69, 9.17) is 9.84 Å². The molecular weight excluding hydrogens is 270 g/mol. The lowest BCUT2D eigenvalue weighted by atomic mass is 10.2. The van der Waals surface area contributed by atoms with Crippen LogP contribution in [0.5, 0.6) is 0 Å². The second-order valence-electron chi connectivity index (χ2n) is 4.89. The Hall–Kier alpha value is -2.05. The summed E-state index contributed by atoms with van der Waals surface area (Å²) in [4.78, 5) is 17.0. The molecule has 1 aromatic carbocycles. The van der Waals surface area contributed by atoms with Crippen molar-refractivity contribution in [2.45, 2.75) is 6.92 Å². The number of aromatic nitrogens is 1. The Kier molecular flexibility index (Phi) is 5.19. The molecule has 0 spiro atoms. The molecule has 0 aliphatic rings. The maximum Gasteiger partial charge on any atom is 0.321 e. The molecule has 0 fully saturated rings. The van der Waals surface area contributed by atoms with Crippen LogP contribution in [-0.2, 0) is 4.74 Å². The van der Waals surface area contributed by atoms with Crippen LogP contribution >= 0.6 is 0 Å². The number of aromatic amines is 1. The predicted molar refractivity (Wildman–Crippen MR) is 82.6 cm³/mol. The first kappa shape index (κ1) is 15.3. The van der Waals surface area contributed by atoms with Crippen molar-refractivity contribution in [2.24, 2.45) is 0 Å². The van der Waals surface area contributed by atoms with Gasteiger partial charge in [-0.25, -0.2) is 4.79 Å². The van der Waals surface area contributed by atoms with Crippen LogP contribution in [0.15, 0.2) is 24.3 Å². The molecule has 114 valence electrons. The van der Waals surface area contributed by atoms with Gasteiger partial charge in [0, 0.05) is 42.5 Å². The average Bonchev–Trinajstić information content (AvgIpc) is 2.82. The Bertz CT molecular complexity index is 609. The maximum absolute atomic E-state index is 12.2. The summed E-state index contributed by atoms with van der Waals surface area (Å²) in [6, 6.07) is 7.49. The highest BCUT2D eigenvalue weighted by atomic mass is 16.5. The normalized spacial score (nSPS) is 10.8. The van der Waals surface area contributed by atoms with Crippen molar-refractivity contribution in [3.8, 4) is 0 Å². The highest BCUT2D eigenvalue weighted by Gasteiger charge is 2.13. The average molecular weight is 291 g/mol. The zero-order valence-electron chi connectivity index (χ0n) is 12.3. The van der Waals surface area contributed by atoms with Crippen molar-refractivity contribution in [1.29, 1.82) is 0 Å². The van der Waals surface area contributed by atoms with E-state index in [1.54, 1.807) is 7.11 Å². The van der Waals surface area contributed by atoms with Crippen LogP contribution in [0, 0.1) is 6.92 Å². The number of carbonyl (C=O) groups is 1. The number of hydrogen-bond donors (Lipinski definition) is 3. The molecule has 0 unspecified atom stereocenters. The number of nitrogens with one attached hydrogen (secondary N) is 2. The molecule has 1 aromatic heterocycles. The lowest BCUT2D eigenvalue weighted by Gasteiger charge is -2.21. The Morgan fingerprint density at radius 3 is 2.90 bits per heavy atom. The summed E-state index contributed by atoms with van der Waals surface area (Å²) in [6.07, 6.45) is 0. The van der Waals surface area contributed by atoms with Crippen LogP contribution in [-0.4, -0.2) is 54.4 Å². The number of rotatable bonds is 6. The molecule has 0 aliphatic carbocycles. The smallest absolute Gasteiger partial charge is 0.321 e. The number of aliphatic hydroxyl groups excluding tert-OH is 1. The van der Waals surface area contributed by atoms with Gasteiger partial charge in [-0.05, 0) is 31.2 Å². The number of H-pyrrole nitrogens is 1. The number of methoxy groups -OCH3 is 1. The van der Waals surface area contributed by atoms with Crippen LogP contribution in [0.25, 0.3) is 10.9 Å². The minimum absolute atomic E-state index is 0.0762. The van der Waals surface area contributed by atoms with Gasteiger partial charge in [0.15, 0.2) is 0 Å². The molecule has 2 aromatic rings. The molecule has 0 saturated carbocycles. The van der Waals surface area contributed by atoms with E-state index in [1.165, 1.54) is 4.90 Å². The van der Waals surface area contributed by atoms with Gasteiger partial charge >= 0.3 is 6.03 Å². The fourth-order valence-electron chi connectivity index (χ4n) is 2.20. The number of fused-ring (bicyclic) bond motifs is 1. The third kappa shape index (κ3) is 3.96. The lowest BCUT2D eigenvalue weighted by molar-refractivity contribution is 0.142. The van der Waals surface area contributed by atoms with Crippen LogP contribution in [0.2, 0.25) is 0 Å². The maximum atomic E-state index is 12.2. The number of carbonyl (C=O) groups excluding carboxylic acids is 1. The van der Waals surface area contributed by atoms with Crippen molar-refractivity contribution in [3.05, 3.63) is 30.0 Å². The first-order valence-electron chi connectivity index (χ1n) is 6.89. The highest BCUT2D eigenvalue weighted by molar-refractivity contribution is 5.93. The number of aryl methyl sites for hydroxylation is 1. The molecule has 21 heavy (non-hydrogen) atoms. The largest absolute Gasteiger partial charge is 0.395 e. The van der Waals surface area contributed by atoms with E-state index in [1.807, 2.05) is 31.2 Å². The number of hydrogen-bond acceptors (Lipinski definition) is 3. The zero-order valence-corrected chi connectivity index (χ0v) is 12.3. The summed E-state index contributed by atoms with van der Waals surface area (Å²) in [5.74, 6) is 0. The molecular formula is C15H21N3O3. The lowest BCUT2D eigenvalue weighted by Crippen LogP contribution is -2.39. The van der Waals surface area contributed by atoms with Gasteiger partial charge in [0.05, 0.1) is 13.2 Å². The molecule has 6 heteroatoms. The number of benzene rings is 1. The van der Waals surface area contributed by atoms with Crippen LogP contribution in [0.4, 0.5) is 10.5 Å². The van der Waals surface area contributed by atoms with Crippen LogP contribution < -0.4 is 5.32 Å². The predicted octanol–water partition coefficient (Wildman–Crippen LogP) is 1.95. The second-order valence-corrected chi connectivity index (χ2v) is 4.89. The zero-order chi connectivity index (χ0) is 15.2. The molecule has 0 aliphatic heterocycles. The van der Waals surface area contributed by atoms with Gasteiger partial charge in [-0.15, -0.1) is 0 Å². The summed E-state index contributed by atoms with van der Waals surface area (Å²) >= 11 is 0. The molecule has 0 atom stereocenters. The Labute approximate surface area is 123 Å². The first-order chi connectivity index (χ1) is 10.1. The number of aliphatic hydroxyl groups is 1. The van der Waals surface area contributed by atoms with E-state index in [-0.39, 0.29) is 19.2 Å². The SMILES string of the molecule is COCCN(CCO)C(=O)Nc1ccc2[nH]c(C)cc2c1. The summed E-state index contributed by atoms with van der Waals surface area (Å²) in [6.45, 7) is 3.07. The number of nitrogens with zero attached hydrogens (tertiary/aromatic N) is 1. The molecule has 2 amide bonds. The van der Waals surface area contributed by atoms with E-state index in [9.17, 15) is 4.79 Å². The van der Waals surface area contributed by atoms with Crippen molar-refractivity contribution >= 4 is 22.6 Å². The molecule has 0 bridgehead atoms. The third-order valence-electron chi connectivity index (χ3n) is 3.23.